The van der Waals surface area contributed by atoms with E-state index in [-0.39, 0.29) is 41.3 Å². The average molecular weight is 513 g/mol. The van der Waals surface area contributed by atoms with Crippen LogP contribution in [0.2, 0.25) is 0 Å². The number of piperazine rings is 1. The number of carbonyl (C=O) groups is 1. The van der Waals surface area contributed by atoms with Crippen LogP contribution in [-0.2, 0) is 11.3 Å². The first-order chi connectivity index (χ1) is 17.3. The number of benzene rings is 2. The minimum atomic E-state index is -0.257. The highest BCUT2D eigenvalue weighted by Gasteiger charge is 2.54. The number of halogens is 2. The van der Waals surface area contributed by atoms with Crippen molar-refractivity contribution in [2.24, 2.45) is 5.41 Å². The minimum absolute atomic E-state index is 0.0126. The first-order valence-electron chi connectivity index (χ1n) is 12.5. The maximum absolute atomic E-state index is 13.6. The third kappa shape index (κ3) is 4.43. The van der Waals surface area contributed by atoms with Gasteiger partial charge >= 0.3 is 6.09 Å². The SMILES string of the molecule is C[C@@H]1CN(c2nc3ccc(F)cc3s2)[C@@H](C)CN1C(=O)OC1CC2(C1)CN(Cc1ccc(F)cc1)C2. The number of aromatic nitrogens is 1. The molecular formula is C27H30F2N4O2S. The van der Waals surface area contributed by atoms with Gasteiger partial charge in [0.05, 0.1) is 10.2 Å². The zero-order chi connectivity index (χ0) is 25.0. The van der Waals surface area contributed by atoms with Crippen molar-refractivity contribution >= 4 is 32.8 Å². The van der Waals surface area contributed by atoms with Crippen LogP contribution in [0, 0.1) is 17.0 Å². The monoisotopic (exact) mass is 512 g/mol. The molecule has 1 spiro atoms. The van der Waals surface area contributed by atoms with Gasteiger partial charge in [-0.3, -0.25) is 4.90 Å². The lowest BCUT2D eigenvalue weighted by Crippen LogP contribution is -2.64. The number of hydrogen-bond acceptors (Lipinski definition) is 6. The Morgan fingerprint density at radius 3 is 2.53 bits per heavy atom. The molecule has 1 amide bonds. The van der Waals surface area contributed by atoms with Crippen LogP contribution in [0.3, 0.4) is 0 Å². The highest BCUT2D eigenvalue weighted by Crippen LogP contribution is 2.50. The van der Waals surface area contributed by atoms with E-state index in [1.54, 1.807) is 6.07 Å². The van der Waals surface area contributed by atoms with Gasteiger partial charge in [-0.05, 0) is 62.6 Å². The molecule has 3 heterocycles. The Kier molecular flexibility index (Phi) is 5.87. The van der Waals surface area contributed by atoms with Crippen molar-refractivity contribution in [1.29, 1.82) is 0 Å². The Labute approximate surface area is 213 Å². The largest absolute Gasteiger partial charge is 0.446 e. The van der Waals surface area contributed by atoms with Crippen LogP contribution in [0.4, 0.5) is 18.7 Å². The first kappa shape index (κ1) is 23.6. The molecule has 0 N–H and O–H groups in total. The molecule has 190 valence electrons. The lowest BCUT2D eigenvalue weighted by Gasteiger charge is -2.58. The fourth-order valence-corrected chi connectivity index (χ4v) is 7.08. The summed E-state index contributed by atoms with van der Waals surface area (Å²) >= 11 is 1.49. The molecule has 6 rings (SSSR count). The number of fused-ring (bicyclic) bond motifs is 1. The topological polar surface area (TPSA) is 48.9 Å². The van der Waals surface area contributed by atoms with Crippen LogP contribution >= 0.6 is 11.3 Å². The van der Waals surface area contributed by atoms with E-state index in [1.165, 1.54) is 35.6 Å². The van der Waals surface area contributed by atoms with Crippen LogP contribution < -0.4 is 4.90 Å². The second kappa shape index (κ2) is 8.95. The van der Waals surface area contributed by atoms with Crippen molar-refractivity contribution in [3.8, 4) is 0 Å². The molecule has 2 atom stereocenters. The highest BCUT2D eigenvalue weighted by atomic mass is 32.1. The predicted octanol–water partition coefficient (Wildman–Crippen LogP) is 5.27. The van der Waals surface area contributed by atoms with E-state index in [0.717, 1.165) is 53.4 Å². The first-order valence-corrected chi connectivity index (χ1v) is 13.4. The number of thiazole rings is 1. The Bertz CT molecular complexity index is 1270. The van der Waals surface area contributed by atoms with Gasteiger partial charge in [0, 0.05) is 50.2 Å². The Morgan fingerprint density at radius 2 is 1.78 bits per heavy atom. The average Bonchev–Trinajstić information content (AvgIpc) is 3.21. The Morgan fingerprint density at radius 1 is 1.06 bits per heavy atom. The van der Waals surface area contributed by atoms with Gasteiger partial charge in [0.15, 0.2) is 5.13 Å². The molecule has 1 aromatic heterocycles. The fraction of sp³-hybridized carbons (Fsp3) is 0.481. The zero-order valence-corrected chi connectivity index (χ0v) is 21.3. The fourth-order valence-electron chi connectivity index (χ4n) is 5.98. The Balaban J connectivity index is 0.993. The van der Waals surface area contributed by atoms with E-state index in [4.69, 9.17) is 9.72 Å². The van der Waals surface area contributed by atoms with Gasteiger partial charge < -0.3 is 14.5 Å². The summed E-state index contributed by atoms with van der Waals surface area (Å²) in [6.07, 6.45) is 1.56. The number of hydrogen-bond donors (Lipinski definition) is 0. The van der Waals surface area contributed by atoms with Crippen LogP contribution in [0.15, 0.2) is 42.5 Å². The Hall–Kier alpha value is -2.78. The summed E-state index contributed by atoms with van der Waals surface area (Å²) in [6.45, 7) is 8.16. The van der Waals surface area contributed by atoms with Crippen LogP contribution in [0.1, 0.15) is 32.3 Å². The molecule has 1 saturated carbocycles. The highest BCUT2D eigenvalue weighted by molar-refractivity contribution is 7.22. The molecule has 0 radical (unpaired) electrons. The van der Waals surface area contributed by atoms with Crippen molar-refractivity contribution in [1.82, 2.24) is 14.8 Å². The summed E-state index contributed by atoms with van der Waals surface area (Å²) in [5.74, 6) is -0.465. The molecule has 0 bridgehead atoms. The molecular weight excluding hydrogens is 482 g/mol. The standard InChI is InChI=1S/C27H30F2N4O2S/c1-17-13-33(18(2)12-32(17)25-30-23-8-7-21(29)9-24(23)36-25)26(34)35-22-10-27(11-22)15-31(16-27)14-19-3-5-20(28)6-4-19/h3-9,17-18,22H,10-16H2,1-2H3/t17-,18+/m0/s1. The minimum Gasteiger partial charge on any atom is -0.446 e. The summed E-state index contributed by atoms with van der Waals surface area (Å²) in [5, 5.41) is 0.860. The van der Waals surface area contributed by atoms with E-state index in [2.05, 4.69) is 16.7 Å². The second-order valence-corrected chi connectivity index (χ2v) is 11.8. The summed E-state index contributed by atoms with van der Waals surface area (Å²) in [5.41, 5.74) is 2.17. The van der Waals surface area contributed by atoms with Gasteiger partial charge in [-0.15, -0.1) is 0 Å². The van der Waals surface area contributed by atoms with E-state index in [9.17, 15) is 13.6 Å². The third-order valence-electron chi connectivity index (χ3n) is 7.83. The maximum atomic E-state index is 13.6. The summed E-state index contributed by atoms with van der Waals surface area (Å²) in [7, 11) is 0. The molecule has 2 aromatic carbocycles. The number of ether oxygens (including phenoxy) is 1. The van der Waals surface area contributed by atoms with E-state index >= 15 is 0 Å². The van der Waals surface area contributed by atoms with Crippen molar-refractivity contribution in [2.75, 3.05) is 31.1 Å². The number of amides is 1. The number of carbonyl (C=O) groups excluding carboxylic acids is 1. The second-order valence-electron chi connectivity index (χ2n) is 10.8. The molecule has 36 heavy (non-hydrogen) atoms. The molecule has 2 aliphatic heterocycles. The lowest BCUT2D eigenvalue weighted by molar-refractivity contribution is -0.137. The summed E-state index contributed by atoms with van der Waals surface area (Å²) < 4.78 is 33.4. The lowest BCUT2D eigenvalue weighted by atomic mass is 9.61. The predicted molar refractivity (Wildman–Crippen MR) is 136 cm³/mol. The van der Waals surface area contributed by atoms with Gasteiger partial charge in [-0.2, -0.15) is 0 Å². The van der Waals surface area contributed by atoms with Crippen molar-refractivity contribution in [3.05, 3.63) is 59.7 Å². The number of likely N-dealkylation sites (tertiary alicyclic amines) is 1. The van der Waals surface area contributed by atoms with Gasteiger partial charge in [0.2, 0.25) is 0 Å². The van der Waals surface area contributed by atoms with Gasteiger partial charge in [-0.1, -0.05) is 23.5 Å². The molecule has 3 aromatic rings. The molecule has 1 aliphatic carbocycles. The van der Waals surface area contributed by atoms with Gasteiger partial charge in [-0.25, -0.2) is 18.6 Å². The molecule has 3 aliphatic rings. The van der Waals surface area contributed by atoms with Gasteiger partial charge in [0.25, 0.3) is 0 Å². The summed E-state index contributed by atoms with van der Waals surface area (Å²) in [4.78, 5) is 24.1. The van der Waals surface area contributed by atoms with Crippen LogP contribution in [0.25, 0.3) is 10.2 Å². The van der Waals surface area contributed by atoms with E-state index in [1.807, 2.05) is 24.0 Å². The van der Waals surface area contributed by atoms with Crippen LogP contribution in [-0.4, -0.2) is 65.2 Å². The van der Waals surface area contributed by atoms with E-state index < -0.39 is 0 Å². The van der Waals surface area contributed by atoms with Crippen molar-refractivity contribution in [3.63, 3.8) is 0 Å². The molecule has 0 unspecified atom stereocenters. The zero-order valence-electron chi connectivity index (χ0n) is 20.5. The molecule has 6 nitrogen and oxygen atoms in total. The van der Waals surface area contributed by atoms with Crippen LogP contribution in [0.5, 0.6) is 0 Å². The quantitative estimate of drug-likeness (QED) is 0.477. The third-order valence-corrected chi connectivity index (χ3v) is 8.89. The molecule has 3 fully saturated rings. The van der Waals surface area contributed by atoms with E-state index in [0.29, 0.717) is 13.1 Å². The molecule has 9 heteroatoms. The number of rotatable bonds is 4. The smallest absolute Gasteiger partial charge is 0.410 e. The normalized spacial score (nSPS) is 24.1. The maximum Gasteiger partial charge on any atom is 0.410 e. The molecule has 2 saturated heterocycles. The number of anilines is 1. The summed E-state index contributed by atoms with van der Waals surface area (Å²) in [6, 6.07) is 11.4. The van der Waals surface area contributed by atoms with Crippen molar-refractivity contribution in [2.45, 2.75) is 51.4 Å². The number of nitrogens with zero attached hydrogens (tertiary/aromatic N) is 4. The van der Waals surface area contributed by atoms with Crippen molar-refractivity contribution < 1.29 is 18.3 Å². The van der Waals surface area contributed by atoms with Gasteiger partial charge in [0.1, 0.15) is 17.7 Å².